The van der Waals surface area contributed by atoms with Crippen molar-refractivity contribution in [1.82, 2.24) is 10.6 Å². The molecule has 23 heavy (non-hydrogen) atoms. The highest BCUT2D eigenvalue weighted by molar-refractivity contribution is 5.73. The van der Waals surface area contributed by atoms with Gasteiger partial charge in [0, 0.05) is 13.1 Å². The van der Waals surface area contributed by atoms with Crippen molar-refractivity contribution in [2.75, 3.05) is 6.54 Å². The van der Waals surface area contributed by atoms with Gasteiger partial charge in [0.05, 0.1) is 6.10 Å². The number of amides is 2. The fourth-order valence-corrected chi connectivity index (χ4v) is 2.25. The topological polar surface area (TPSA) is 61.4 Å². The summed E-state index contributed by atoms with van der Waals surface area (Å²) in [5.41, 5.74) is 3.01. The molecule has 0 radical (unpaired) electrons. The number of hydrogen-bond acceptors (Lipinski definition) is 2. The molecule has 0 spiro atoms. The number of aliphatic hydroxyl groups is 1. The standard InChI is InChI=1S/C18H21FN2O2/c1-12-5-3-4-6-15(12)17(22)11-21-18(23)20-10-14-8-7-13(2)16(19)9-14/h3-9,17,22H,10-11H2,1-2H3,(H2,20,21,23). The second-order valence-electron chi connectivity index (χ2n) is 5.52. The zero-order valence-electron chi connectivity index (χ0n) is 13.3. The summed E-state index contributed by atoms with van der Waals surface area (Å²) in [5.74, 6) is -0.292. The maximum atomic E-state index is 13.4. The molecule has 1 unspecified atom stereocenters. The van der Waals surface area contributed by atoms with Crippen molar-refractivity contribution >= 4 is 6.03 Å². The number of benzene rings is 2. The van der Waals surface area contributed by atoms with Gasteiger partial charge >= 0.3 is 6.03 Å². The van der Waals surface area contributed by atoms with E-state index >= 15 is 0 Å². The summed E-state index contributed by atoms with van der Waals surface area (Å²) in [5, 5.41) is 15.4. The Kier molecular flexibility index (Phi) is 5.71. The van der Waals surface area contributed by atoms with Crippen LogP contribution in [0.5, 0.6) is 0 Å². The largest absolute Gasteiger partial charge is 0.387 e. The van der Waals surface area contributed by atoms with Crippen LogP contribution in [0, 0.1) is 19.7 Å². The highest BCUT2D eigenvalue weighted by atomic mass is 19.1. The minimum absolute atomic E-state index is 0.110. The van der Waals surface area contributed by atoms with Gasteiger partial charge in [-0.1, -0.05) is 36.4 Å². The molecule has 122 valence electrons. The Morgan fingerprint density at radius 2 is 1.87 bits per heavy atom. The summed E-state index contributed by atoms with van der Waals surface area (Å²) in [4.78, 5) is 11.8. The molecule has 2 rings (SSSR count). The second kappa shape index (κ2) is 7.74. The molecule has 0 saturated carbocycles. The predicted molar refractivity (Wildman–Crippen MR) is 87.5 cm³/mol. The Labute approximate surface area is 135 Å². The molecular weight excluding hydrogens is 295 g/mol. The fraction of sp³-hybridized carbons (Fsp3) is 0.278. The van der Waals surface area contributed by atoms with Crippen LogP contribution in [-0.4, -0.2) is 17.7 Å². The van der Waals surface area contributed by atoms with Crippen LogP contribution in [0.2, 0.25) is 0 Å². The van der Waals surface area contributed by atoms with Gasteiger partial charge in [0.2, 0.25) is 0 Å². The molecule has 0 aromatic heterocycles. The molecule has 0 aliphatic rings. The highest BCUT2D eigenvalue weighted by Crippen LogP contribution is 2.16. The summed E-state index contributed by atoms with van der Waals surface area (Å²) in [6, 6.07) is 11.9. The number of carbonyl (C=O) groups excluding carboxylic acids is 1. The number of halogens is 1. The molecular formula is C18H21FN2O2. The van der Waals surface area contributed by atoms with E-state index in [0.29, 0.717) is 11.1 Å². The number of aryl methyl sites for hydroxylation is 2. The first-order valence-corrected chi connectivity index (χ1v) is 7.47. The maximum absolute atomic E-state index is 13.4. The van der Waals surface area contributed by atoms with E-state index in [2.05, 4.69) is 10.6 Å². The van der Waals surface area contributed by atoms with E-state index in [1.165, 1.54) is 6.07 Å². The normalized spacial score (nSPS) is 11.8. The Morgan fingerprint density at radius 1 is 1.13 bits per heavy atom. The summed E-state index contributed by atoms with van der Waals surface area (Å²) in [6.07, 6.45) is -0.765. The Morgan fingerprint density at radius 3 is 2.57 bits per heavy atom. The van der Waals surface area contributed by atoms with E-state index in [1.54, 1.807) is 19.1 Å². The van der Waals surface area contributed by atoms with Gasteiger partial charge in [-0.25, -0.2) is 9.18 Å². The number of aliphatic hydroxyl groups excluding tert-OH is 1. The molecule has 0 heterocycles. The maximum Gasteiger partial charge on any atom is 0.315 e. The van der Waals surface area contributed by atoms with Gasteiger partial charge in [-0.3, -0.25) is 0 Å². The van der Waals surface area contributed by atoms with E-state index in [9.17, 15) is 14.3 Å². The van der Waals surface area contributed by atoms with Crippen molar-refractivity contribution in [3.63, 3.8) is 0 Å². The summed E-state index contributed by atoms with van der Waals surface area (Å²) >= 11 is 0. The lowest BCUT2D eigenvalue weighted by Gasteiger charge is -2.15. The SMILES string of the molecule is Cc1ccc(CNC(=O)NCC(O)c2ccccc2C)cc1F. The van der Waals surface area contributed by atoms with Crippen LogP contribution < -0.4 is 10.6 Å². The lowest BCUT2D eigenvalue weighted by atomic mass is 10.0. The molecule has 3 N–H and O–H groups in total. The molecule has 5 heteroatoms. The van der Waals surface area contributed by atoms with Crippen LogP contribution in [-0.2, 0) is 6.54 Å². The number of hydrogen-bond donors (Lipinski definition) is 3. The van der Waals surface area contributed by atoms with E-state index in [0.717, 1.165) is 11.1 Å². The van der Waals surface area contributed by atoms with Crippen LogP contribution >= 0.6 is 0 Å². The first kappa shape index (κ1) is 17.0. The second-order valence-corrected chi connectivity index (χ2v) is 5.52. The third-order valence-corrected chi connectivity index (χ3v) is 3.69. The van der Waals surface area contributed by atoms with Crippen LogP contribution in [0.15, 0.2) is 42.5 Å². The van der Waals surface area contributed by atoms with Crippen molar-refractivity contribution in [2.45, 2.75) is 26.5 Å². The average molecular weight is 316 g/mol. The quantitative estimate of drug-likeness (QED) is 0.794. The molecule has 0 aliphatic carbocycles. The number of nitrogens with one attached hydrogen (secondary N) is 2. The molecule has 1 atom stereocenters. The van der Waals surface area contributed by atoms with Crippen LogP contribution in [0.3, 0.4) is 0 Å². The predicted octanol–water partition coefficient (Wildman–Crippen LogP) is 2.98. The molecule has 2 aromatic rings. The lowest BCUT2D eigenvalue weighted by Crippen LogP contribution is -2.37. The zero-order chi connectivity index (χ0) is 16.8. The first-order chi connectivity index (χ1) is 11.0. The zero-order valence-corrected chi connectivity index (χ0v) is 13.3. The minimum Gasteiger partial charge on any atom is -0.387 e. The molecule has 0 saturated heterocycles. The number of rotatable bonds is 5. The van der Waals surface area contributed by atoms with Gasteiger partial charge in [-0.05, 0) is 42.2 Å². The molecule has 0 fully saturated rings. The van der Waals surface area contributed by atoms with Crippen LogP contribution in [0.25, 0.3) is 0 Å². The van der Waals surface area contributed by atoms with Crippen LogP contribution in [0.1, 0.15) is 28.4 Å². The van der Waals surface area contributed by atoms with E-state index in [4.69, 9.17) is 0 Å². The summed E-state index contributed by atoms with van der Waals surface area (Å²) in [7, 11) is 0. The molecule has 2 aromatic carbocycles. The monoisotopic (exact) mass is 316 g/mol. The van der Waals surface area contributed by atoms with Crippen molar-refractivity contribution in [1.29, 1.82) is 0 Å². The minimum atomic E-state index is -0.765. The van der Waals surface area contributed by atoms with E-state index < -0.39 is 12.1 Å². The Bertz CT molecular complexity index is 688. The molecule has 0 bridgehead atoms. The van der Waals surface area contributed by atoms with Crippen molar-refractivity contribution in [2.24, 2.45) is 0 Å². The summed E-state index contributed by atoms with van der Waals surface area (Å²) < 4.78 is 13.4. The van der Waals surface area contributed by atoms with E-state index in [1.807, 2.05) is 31.2 Å². The van der Waals surface area contributed by atoms with E-state index in [-0.39, 0.29) is 18.9 Å². The van der Waals surface area contributed by atoms with Crippen LogP contribution in [0.4, 0.5) is 9.18 Å². The van der Waals surface area contributed by atoms with Gasteiger partial charge in [0.25, 0.3) is 0 Å². The van der Waals surface area contributed by atoms with Crippen molar-refractivity contribution < 1.29 is 14.3 Å². The summed E-state index contributed by atoms with van der Waals surface area (Å²) in [6.45, 7) is 3.93. The first-order valence-electron chi connectivity index (χ1n) is 7.47. The molecule has 2 amide bonds. The van der Waals surface area contributed by atoms with Gasteiger partial charge in [-0.15, -0.1) is 0 Å². The smallest absolute Gasteiger partial charge is 0.315 e. The highest BCUT2D eigenvalue weighted by Gasteiger charge is 2.11. The molecule has 0 aliphatic heterocycles. The third-order valence-electron chi connectivity index (χ3n) is 3.69. The van der Waals surface area contributed by atoms with Crippen molar-refractivity contribution in [3.8, 4) is 0 Å². The van der Waals surface area contributed by atoms with Gasteiger partial charge in [0.1, 0.15) is 5.82 Å². The van der Waals surface area contributed by atoms with Gasteiger partial charge < -0.3 is 15.7 Å². The lowest BCUT2D eigenvalue weighted by molar-refractivity contribution is 0.172. The fourth-order valence-electron chi connectivity index (χ4n) is 2.25. The average Bonchev–Trinajstić information content (AvgIpc) is 2.54. The third kappa shape index (κ3) is 4.79. The Hall–Kier alpha value is -2.40. The molecule has 4 nitrogen and oxygen atoms in total. The number of carbonyl (C=O) groups is 1. The number of urea groups is 1. The van der Waals surface area contributed by atoms with Gasteiger partial charge in [-0.2, -0.15) is 0 Å². The van der Waals surface area contributed by atoms with Gasteiger partial charge in [0.15, 0.2) is 0 Å². The Balaban J connectivity index is 1.81. The van der Waals surface area contributed by atoms with Crippen molar-refractivity contribution in [3.05, 3.63) is 70.5 Å².